The molecule has 0 bridgehead atoms. The van der Waals surface area contributed by atoms with Crippen molar-refractivity contribution in [1.29, 1.82) is 0 Å². The minimum Gasteiger partial charge on any atom is -0.372 e. The predicted octanol–water partition coefficient (Wildman–Crippen LogP) is 4.94. The molecule has 0 spiro atoms. The molecule has 3 aromatic rings. The summed E-state index contributed by atoms with van der Waals surface area (Å²) in [6.07, 6.45) is 0. The Labute approximate surface area is 172 Å². The lowest BCUT2D eigenvalue weighted by Gasteiger charge is -2.22. The third kappa shape index (κ3) is 5.10. The van der Waals surface area contributed by atoms with Crippen molar-refractivity contribution in [3.8, 4) is 0 Å². The molecule has 2 aromatic carbocycles. The summed E-state index contributed by atoms with van der Waals surface area (Å²) in [6.45, 7) is 10.1. The number of carbonyl (C=O) groups excluding carboxylic acids is 1. The fourth-order valence-electron chi connectivity index (χ4n) is 3.15. The number of anilines is 4. The summed E-state index contributed by atoms with van der Waals surface area (Å²) in [4.78, 5) is 23.7. The molecule has 0 saturated carbocycles. The highest BCUT2D eigenvalue weighted by atomic mass is 16.1. The molecule has 0 aliphatic heterocycles. The standard InChI is InChI=1S/C23H27N5O/c1-5-28(6-2)19-12-13-20(16(3)14-19)26-23-24-17(4)15-21(27-23)22(29)25-18-10-8-7-9-11-18/h7-15H,5-6H2,1-4H3,(H,25,29)(H,24,26,27). The SMILES string of the molecule is CCN(CC)c1ccc(Nc2nc(C)cc(C(=O)Nc3ccccc3)n2)c(C)c1. The molecule has 1 amide bonds. The molecule has 0 fully saturated rings. The van der Waals surface area contributed by atoms with E-state index in [2.05, 4.69) is 51.5 Å². The van der Waals surface area contributed by atoms with Crippen LogP contribution in [0.5, 0.6) is 0 Å². The first-order valence-corrected chi connectivity index (χ1v) is 9.84. The van der Waals surface area contributed by atoms with Crippen LogP contribution in [0.15, 0.2) is 54.6 Å². The Morgan fingerprint density at radius 3 is 2.34 bits per heavy atom. The van der Waals surface area contributed by atoms with Gasteiger partial charge in [0.1, 0.15) is 5.69 Å². The van der Waals surface area contributed by atoms with E-state index in [0.29, 0.717) is 11.6 Å². The van der Waals surface area contributed by atoms with Crippen molar-refractivity contribution in [2.45, 2.75) is 27.7 Å². The molecule has 150 valence electrons. The fraction of sp³-hybridized carbons (Fsp3) is 0.261. The van der Waals surface area contributed by atoms with Crippen molar-refractivity contribution in [1.82, 2.24) is 9.97 Å². The van der Waals surface area contributed by atoms with Gasteiger partial charge in [-0.15, -0.1) is 0 Å². The van der Waals surface area contributed by atoms with Gasteiger partial charge in [-0.25, -0.2) is 9.97 Å². The maximum absolute atomic E-state index is 12.6. The van der Waals surface area contributed by atoms with Crippen LogP contribution >= 0.6 is 0 Å². The average Bonchev–Trinajstić information content (AvgIpc) is 2.71. The maximum atomic E-state index is 12.6. The second-order valence-electron chi connectivity index (χ2n) is 6.83. The minimum absolute atomic E-state index is 0.265. The van der Waals surface area contributed by atoms with Crippen molar-refractivity contribution < 1.29 is 4.79 Å². The molecule has 1 aromatic heterocycles. The van der Waals surface area contributed by atoms with Crippen LogP contribution in [0.4, 0.5) is 23.0 Å². The highest BCUT2D eigenvalue weighted by Crippen LogP contribution is 2.24. The zero-order valence-corrected chi connectivity index (χ0v) is 17.4. The molecule has 0 saturated heterocycles. The number of para-hydroxylation sites is 1. The molecule has 6 nitrogen and oxygen atoms in total. The lowest BCUT2D eigenvalue weighted by molar-refractivity contribution is 0.102. The van der Waals surface area contributed by atoms with E-state index in [1.807, 2.05) is 50.2 Å². The van der Waals surface area contributed by atoms with Gasteiger partial charge in [-0.3, -0.25) is 4.79 Å². The molecule has 0 unspecified atom stereocenters. The number of aromatic nitrogens is 2. The lowest BCUT2D eigenvalue weighted by atomic mass is 10.1. The van der Waals surface area contributed by atoms with Crippen molar-refractivity contribution in [3.05, 3.63) is 71.5 Å². The first-order valence-electron chi connectivity index (χ1n) is 9.84. The van der Waals surface area contributed by atoms with E-state index in [-0.39, 0.29) is 5.91 Å². The third-order valence-electron chi connectivity index (χ3n) is 4.70. The summed E-state index contributed by atoms with van der Waals surface area (Å²) < 4.78 is 0. The molecular weight excluding hydrogens is 362 g/mol. The van der Waals surface area contributed by atoms with E-state index >= 15 is 0 Å². The van der Waals surface area contributed by atoms with E-state index in [1.165, 1.54) is 5.69 Å². The van der Waals surface area contributed by atoms with Gasteiger partial charge in [-0.05, 0) is 69.7 Å². The minimum atomic E-state index is -0.265. The molecule has 6 heteroatoms. The van der Waals surface area contributed by atoms with E-state index in [9.17, 15) is 4.79 Å². The normalized spacial score (nSPS) is 10.5. The van der Waals surface area contributed by atoms with E-state index in [0.717, 1.165) is 35.7 Å². The lowest BCUT2D eigenvalue weighted by Crippen LogP contribution is -2.21. The van der Waals surface area contributed by atoms with E-state index < -0.39 is 0 Å². The third-order valence-corrected chi connectivity index (χ3v) is 4.70. The molecule has 0 aliphatic rings. The highest BCUT2D eigenvalue weighted by molar-refractivity contribution is 6.03. The second-order valence-corrected chi connectivity index (χ2v) is 6.83. The van der Waals surface area contributed by atoms with Gasteiger partial charge in [0.2, 0.25) is 5.95 Å². The van der Waals surface area contributed by atoms with Crippen molar-refractivity contribution in [2.75, 3.05) is 28.6 Å². The largest absolute Gasteiger partial charge is 0.372 e. The first kappa shape index (κ1) is 20.3. The van der Waals surface area contributed by atoms with Crippen molar-refractivity contribution >= 4 is 28.9 Å². The fourth-order valence-corrected chi connectivity index (χ4v) is 3.15. The molecule has 29 heavy (non-hydrogen) atoms. The van der Waals surface area contributed by atoms with Crippen molar-refractivity contribution in [3.63, 3.8) is 0 Å². The van der Waals surface area contributed by atoms with Gasteiger partial charge < -0.3 is 15.5 Å². The van der Waals surface area contributed by atoms with Crippen LogP contribution in [0, 0.1) is 13.8 Å². The van der Waals surface area contributed by atoms with Gasteiger partial charge in [0.05, 0.1) is 0 Å². The Hall–Kier alpha value is -3.41. The van der Waals surface area contributed by atoms with Crippen LogP contribution < -0.4 is 15.5 Å². The number of carbonyl (C=O) groups is 1. The number of nitrogens with one attached hydrogen (secondary N) is 2. The number of benzene rings is 2. The van der Waals surface area contributed by atoms with Crippen LogP contribution in [0.3, 0.4) is 0 Å². The molecular formula is C23H27N5O. The summed E-state index contributed by atoms with van der Waals surface area (Å²) in [6, 6.07) is 17.3. The van der Waals surface area contributed by atoms with E-state index in [1.54, 1.807) is 6.07 Å². The Morgan fingerprint density at radius 1 is 0.966 bits per heavy atom. The van der Waals surface area contributed by atoms with Gasteiger partial charge in [0.25, 0.3) is 5.91 Å². The monoisotopic (exact) mass is 389 g/mol. The summed E-state index contributed by atoms with van der Waals surface area (Å²) in [5.41, 5.74) is 4.97. The van der Waals surface area contributed by atoms with Crippen LogP contribution in [0.2, 0.25) is 0 Å². The highest BCUT2D eigenvalue weighted by Gasteiger charge is 2.12. The smallest absolute Gasteiger partial charge is 0.274 e. The summed E-state index contributed by atoms with van der Waals surface area (Å²) >= 11 is 0. The van der Waals surface area contributed by atoms with Gasteiger partial charge >= 0.3 is 0 Å². The number of amides is 1. The zero-order chi connectivity index (χ0) is 20.8. The average molecular weight is 390 g/mol. The van der Waals surface area contributed by atoms with Crippen LogP contribution in [-0.2, 0) is 0 Å². The van der Waals surface area contributed by atoms with Gasteiger partial charge in [-0.2, -0.15) is 0 Å². The number of nitrogens with zero attached hydrogens (tertiary/aromatic N) is 3. The molecule has 0 aliphatic carbocycles. The molecule has 2 N–H and O–H groups in total. The van der Waals surface area contributed by atoms with Gasteiger partial charge in [-0.1, -0.05) is 18.2 Å². The zero-order valence-electron chi connectivity index (χ0n) is 17.4. The van der Waals surface area contributed by atoms with E-state index in [4.69, 9.17) is 0 Å². The maximum Gasteiger partial charge on any atom is 0.274 e. The topological polar surface area (TPSA) is 70.2 Å². The molecule has 3 rings (SSSR count). The Morgan fingerprint density at radius 2 is 1.69 bits per heavy atom. The molecule has 0 atom stereocenters. The molecule has 0 radical (unpaired) electrons. The van der Waals surface area contributed by atoms with Gasteiger partial charge in [0, 0.05) is 35.8 Å². The summed E-state index contributed by atoms with van der Waals surface area (Å²) in [5.74, 6) is 0.139. The molecule has 1 heterocycles. The summed E-state index contributed by atoms with van der Waals surface area (Å²) in [5, 5.41) is 6.11. The number of aryl methyl sites for hydroxylation is 2. The number of rotatable bonds is 7. The quantitative estimate of drug-likeness (QED) is 0.599. The summed E-state index contributed by atoms with van der Waals surface area (Å²) in [7, 11) is 0. The Balaban J connectivity index is 1.80. The van der Waals surface area contributed by atoms with Crippen molar-refractivity contribution in [2.24, 2.45) is 0 Å². The van der Waals surface area contributed by atoms with Crippen LogP contribution in [-0.4, -0.2) is 29.0 Å². The number of hydrogen-bond acceptors (Lipinski definition) is 5. The predicted molar refractivity (Wildman–Crippen MR) is 119 cm³/mol. The first-order chi connectivity index (χ1) is 14.0. The van der Waals surface area contributed by atoms with Crippen LogP contribution in [0.25, 0.3) is 0 Å². The van der Waals surface area contributed by atoms with Gasteiger partial charge in [0.15, 0.2) is 0 Å². The second kappa shape index (κ2) is 9.19. The number of hydrogen-bond donors (Lipinski definition) is 2. The van der Waals surface area contributed by atoms with Crippen LogP contribution in [0.1, 0.15) is 35.6 Å². The Bertz CT molecular complexity index is 984. The Kier molecular flexibility index (Phi) is 6.44.